The summed E-state index contributed by atoms with van der Waals surface area (Å²) in [4.78, 5) is 38.3. The second kappa shape index (κ2) is 9.25. The molecule has 1 aliphatic carbocycles. The third-order valence-corrected chi connectivity index (χ3v) is 6.92. The maximum Gasteiger partial charge on any atom is 0.407 e. The third-order valence-electron chi connectivity index (χ3n) is 6.92. The van der Waals surface area contributed by atoms with E-state index < -0.39 is 17.5 Å². The van der Waals surface area contributed by atoms with E-state index >= 15 is 0 Å². The SMILES string of the molecule is CCC(CC(=O)N1CCC(C)(C(=O)O)C1)NC(=O)OCC1c2ccccc2-c2ccccc21. The van der Waals surface area contributed by atoms with Gasteiger partial charge in [-0.25, -0.2) is 4.79 Å². The molecule has 174 valence electrons. The summed E-state index contributed by atoms with van der Waals surface area (Å²) in [6.07, 6.45) is 0.578. The largest absolute Gasteiger partial charge is 0.481 e. The van der Waals surface area contributed by atoms with Crippen LogP contribution in [0, 0.1) is 5.41 Å². The first-order valence-electron chi connectivity index (χ1n) is 11.4. The molecule has 0 aromatic heterocycles. The van der Waals surface area contributed by atoms with E-state index in [1.54, 1.807) is 11.8 Å². The van der Waals surface area contributed by atoms with Crippen LogP contribution in [-0.4, -0.2) is 53.7 Å². The van der Waals surface area contributed by atoms with Crippen molar-refractivity contribution in [3.05, 3.63) is 59.7 Å². The predicted octanol–water partition coefficient (Wildman–Crippen LogP) is 4.02. The number of carboxylic acids is 1. The summed E-state index contributed by atoms with van der Waals surface area (Å²) in [5, 5.41) is 12.2. The Morgan fingerprint density at radius 2 is 1.73 bits per heavy atom. The van der Waals surface area contributed by atoms with Crippen LogP contribution in [0.1, 0.15) is 50.2 Å². The average Bonchev–Trinajstić information content (AvgIpc) is 3.37. The van der Waals surface area contributed by atoms with Crippen molar-refractivity contribution in [2.75, 3.05) is 19.7 Å². The molecule has 4 rings (SSSR count). The van der Waals surface area contributed by atoms with Crippen LogP contribution in [0.25, 0.3) is 11.1 Å². The summed E-state index contributed by atoms with van der Waals surface area (Å²) in [5.41, 5.74) is 3.71. The molecule has 0 spiro atoms. The number of likely N-dealkylation sites (tertiary alicyclic amines) is 1. The molecule has 0 saturated carbocycles. The number of hydrogen-bond donors (Lipinski definition) is 2. The maximum atomic E-state index is 12.7. The van der Waals surface area contributed by atoms with Crippen molar-refractivity contribution < 1.29 is 24.2 Å². The third kappa shape index (κ3) is 4.58. The Labute approximate surface area is 193 Å². The van der Waals surface area contributed by atoms with Gasteiger partial charge < -0.3 is 20.1 Å². The molecule has 1 saturated heterocycles. The molecular weight excluding hydrogens is 420 g/mol. The summed E-state index contributed by atoms with van der Waals surface area (Å²) >= 11 is 0. The fourth-order valence-electron chi connectivity index (χ4n) is 4.79. The average molecular weight is 451 g/mol. The van der Waals surface area contributed by atoms with Crippen molar-refractivity contribution in [1.82, 2.24) is 10.2 Å². The molecule has 2 aliphatic rings. The van der Waals surface area contributed by atoms with Crippen LogP contribution in [0.4, 0.5) is 4.79 Å². The van der Waals surface area contributed by atoms with Crippen molar-refractivity contribution >= 4 is 18.0 Å². The number of benzene rings is 2. The Hall–Kier alpha value is -3.35. The van der Waals surface area contributed by atoms with Crippen LogP contribution in [0.5, 0.6) is 0 Å². The molecule has 7 nitrogen and oxygen atoms in total. The van der Waals surface area contributed by atoms with E-state index in [-0.39, 0.29) is 37.4 Å². The van der Waals surface area contributed by atoms with Crippen LogP contribution in [-0.2, 0) is 14.3 Å². The van der Waals surface area contributed by atoms with Gasteiger partial charge in [-0.05, 0) is 42.0 Å². The maximum absolute atomic E-state index is 12.7. The first-order valence-corrected chi connectivity index (χ1v) is 11.4. The van der Waals surface area contributed by atoms with Crippen molar-refractivity contribution in [3.8, 4) is 11.1 Å². The van der Waals surface area contributed by atoms with E-state index in [2.05, 4.69) is 29.6 Å². The minimum absolute atomic E-state index is 0.0249. The molecule has 0 radical (unpaired) electrons. The summed E-state index contributed by atoms with van der Waals surface area (Å²) in [6.45, 7) is 4.39. The van der Waals surface area contributed by atoms with Crippen LogP contribution in [0.2, 0.25) is 0 Å². The number of carbonyl (C=O) groups excluding carboxylic acids is 2. The van der Waals surface area contributed by atoms with E-state index in [1.165, 1.54) is 0 Å². The first kappa shape index (κ1) is 22.8. The number of nitrogens with one attached hydrogen (secondary N) is 1. The topological polar surface area (TPSA) is 95.9 Å². The van der Waals surface area contributed by atoms with Gasteiger partial charge in [-0.15, -0.1) is 0 Å². The van der Waals surface area contributed by atoms with E-state index in [0.717, 1.165) is 22.3 Å². The molecule has 7 heteroatoms. The number of aliphatic carboxylic acids is 1. The van der Waals surface area contributed by atoms with Gasteiger partial charge >= 0.3 is 12.1 Å². The smallest absolute Gasteiger partial charge is 0.407 e. The second-order valence-electron chi connectivity index (χ2n) is 9.21. The summed E-state index contributed by atoms with van der Waals surface area (Å²) in [5.74, 6) is -1.06. The standard InChI is InChI=1S/C26H30N2O5/c1-3-17(14-23(29)28-13-12-26(2,16-28)24(30)31)27-25(32)33-15-22-20-10-6-4-8-18(20)19-9-5-7-11-21(19)22/h4-11,17,22H,3,12-16H2,1-2H3,(H,27,32)(H,30,31). The van der Waals surface area contributed by atoms with Crippen LogP contribution < -0.4 is 5.32 Å². The summed E-state index contributed by atoms with van der Waals surface area (Å²) in [6, 6.07) is 15.9. The van der Waals surface area contributed by atoms with Gasteiger partial charge in [0, 0.05) is 31.5 Å². The van der Waals surface area contributed by atoms with Crippen molar-refractivity contribution in [3.63, 3.8) is 0 Å². The Morgan fingerprint density at radius 1 is 1.12 bits per heavy atom. The Morgan fingerprint density at radius 3 is 2.27 bits per heavy atom. The quantitative estimate of drug-likeness (QED) is 0.664. The van der Waals surface area contributed by atoms with Crippen LogP contribution in [0.15, 0.2) is 48.5 Å². The molecule has 33 heavy (non-hydrogen) atoms. The van der Waals surface area contributed by atoms with Gasteiger partial charge in [0.25, 0.3) is 0 Å². The van der Waals surface area contributed by atoms with Crippen LogP contribution >= 0.6 is 0 Å². The number of fused-ring (bicyclic) bond motifs is 3. The lowest BCUT2D eigenvalue weighted by atomic mass is 9.90. The van der Waals surface area contributed by atoms with Gasteiger partial charge in [0.15, 0.2) is 0 Å². The highest BCUT2D eigenvalue weighted by Crippen LogP contribution is 2.44. The molecule has 1 fully saturated rings. The van der Waals surface area contributed by atoms with E-state index in [0.29, 0.717) is 19.4 Å². The fraction of sp³-hybridized carbons (Fsp3) is 0.423. The lowest BCUT2D eigenvalue weighted by molar-refractivity contribution is -0.147. The zero-order chi connectivity index (χ0) is 23.6. The zero-order valence-corrected chi connectivity index (χ0v) is 19.0. The van der Waals surface area contributed by atoms with E-state index in [9.17, 15) is 19.5 Å². The van der Waals surface area contributed by atoms with E-state index in [4.69, 9.17) is 4.74 Å². The molecule has 2 aromatic rings. The van der Waals surface area contributed by atoms with Gasteiger partial charge in [-0.3, -0.25) is 9.59 Å². The number of carboxylic acid groups (broad SMARTS) is 1. The van der Waals surface area contributed by atoms with Crippen molar-refractivity contribution in [1.29, 1.82) is 0 Å². The normalized spacial score (nSPS) is 20.1. The Kier molecular flexibility index (Phi) is 6.40. The molecular formula is C26H30N2O5. The molecule has 2 aromatic carbocycles. The Bertz CT molecular complexity index is 1020. The number of rotatable bonds is 7. The molecule has 2 atom stereocenters. The number of carbonyl (C=O) groups is 3. The highest BCUT2D eigenvalue weighted by atomic mass is 16.5. The highest BCUT2D eigenvalue weighted by molar-refractivity contribution is 5.81. The molecule has 1 heterocycles. The van der Waals surface area contributed by atoms with Gasteiger partial charge in [-0.2, -0.15) is 0 Å². The van der Waals surface area contributed by atoms with Crippen molar-refractivity contribution in [2.24, 2.45) is 5.41 Å². The fourth-order valence-corrected chi connectivity index (χ4v) is 4.79. The van der Waals surface area contributed by atoms with Gasteiger partial charge in [-0.1, -0.05) is 55.5 Å². The first-order chi connectivity index (χ1) is 15.8. The molecule has 2 unspecified atom stereocenters. The number of hydrogen-bond acceptors (Lipinski definition) is 4. The van der Waals surface area contributed by atoms with Crippen LogP contribution in [0.3, 0.4) is 0 Å². The molecule has 1 aliphatic heterocycles. The summed E-state index contributed by atoms with van der Waals surface area (Å²) < 4.78 is 5.59. The monoisotopic (exact) mass is 450 g/mol. The zero-order valence-electron chi connectivity index (χ0n) is 19.0. The highest BCUT2D eigenvalue weighted by Gasteiger charge is 2.42. The minimum atomic E-state index is -0.905. The molecule has 2 amide bonds. The minimum Gasteiger partial charge on any atom is -0.481 e. The molecule has 0 bridgehead atoms. The van der Waals surface area contributed by atoms with Crippen molar-refractivity contribution in [2.45, 2.75) is 45.1 Å². The number of amides is 2. The lowest BCUT2D eigenvalue weighted by Gasteiger charge is -2.23. The number of nitrogens with zero attached hydrogens (tertiary/aromatic N) is 1. The number of alkyl carbamates (subject to hydrolysis) is 1. The Balaban J connectivity index is 1.33. The second-order valence-corrected chi connectivity index (χ2v) is 9.21. The number of ether oxygens (including phenoxy) is 1. The predicted molar refractivity (Wildman–Crippen MR) is 124 cm³/mol. The van der Waals surface area contributed by atoms with Gasteiger partial charge in [0.05, 0.1) is 5.41 Å². The lowest BCUT2D eigenvalue weighted by Crippen LogP contribution is -2.41. The van der Waals surface area contributed by atoms with Gasteiger partial charge in [0.1, 0.15) is 6.61 Å². The molecule has 2 N–H and O–H groups in total. The summed E-state index contributed by atoms with van der Waals surface area (Å²) in [7, 11) is 0. The van der Waals surface area contributed by atoms with E-state index in [1.807, 2.05) is 31.2 Å². The van der Waals surface area contributed by atoms with Gasteiger partial charge in [0.2, 0.25) is 5.91 Å².